The summed E-state index contributed by atoms with van der Waals surface area (Å²) < 4.78 is 0. The number of urea groups is 1. The Hall–Kier alpha value is -1.77. The summed E-state index contributed by atoms with van der Waals surface area (Å²) in [6.45, 7) is 0.736. The second-order valence-corrected chi connectivity index (χ2v) is 3.91. The largest absolute Gasteiger partial charge is 0.329 e. The summed E-state index contributed by atoms with van der Waals surface area (Å²) in [6.07, 6.45) is 4.16. The van der Waals surface area contributed by atoms with Gasteiger partial charge in [-0.2, -0.15) is 0 Å². The highest BCUT2D eigenvalue weighted by atomic mass is 16.2. The molecule has 15 heavy (non-hydrogen) atoms. The van der Waals surface area contributed by atoms with Crippen LogP contribution in [0, 0.1) is 0 Å². The number of hydrogen-bond donors (Lipinski definition) is 1. The van der Waals surface area contributed by atoms with Gasteiger partial charge in [-0.1, -0.05) is 42.5 Å². The normalized spacial score (nSPS) is 28.0. The molecular weight excluding hydrogens is 188 g/mol. The van der Waals surface area contributed by atoms with Gasteiger partial charge in [-0.3, -0.25) is 0 Å². The van der Waals surface area contributed by atoms with Crippen molar-refractivity contribution < 1.29 is 4.79 Å². The Morgan fingerprint density at radius 2 is 2.07 bits per heavy atom. The summed E-state index contributed by atoms with van der Waals surface area (Å²) in [6, 6.07) is 10.5. The van der Waals surface area contributed by atoms with Gasteiger partial charge in [0.1, 0.15) is 0 Å². The van der Waals surface area contributed by atoms with Gasteiger partial charge in [-0.25, -0.2) is 4.79 Å². The summed E-state index contributed by atoms with van der Waals surface area (Å²) in [5.41, 5.74) is 1.17. The van der Waals surface area contributed by atoms with E-state index in [1.165, 1.54) is 5.56 Å². The highest BCUT2D eigenvalue weighted by Gasteiger charge is 2.39. The maximum atomic E-state index is 11.6. The van der Waals surface area contributed by atoms with Crippen LogP contribution >= 0.6 is 0 Å². The molecule has 0 saturated carbocycles. The first-order valence-electron chi connectivity index (χ1n) is 5.15. The van der Waals surface area contributed by atoms with E-state index in [1.54, 1.807) is 0 Å². The summed E-state index contributed by atoms with van der Waals surface area (Å²) in [5, 5.41) is 3.01. The van der Waals surface area contributed by atoms with Crippen molar-refractivity contribution >= 4 is 6.03 Å². The van der Waals surface area contributed by atoms with Gasteiger partial charge in [0.15, 0.2) is 0 Å². The third kappa shape index (κ3) is 1.23. The molecule has 1 aromatic carbocycles. The van der Waals surface area contributed by atoms with E-state index in [0.29, 0.717) is 0 Å². The van der Waals surface area contributed by atoms with E-state index in [0.717, 1.165) is 6.54 Å². The van der Waals surface area contributed by atoms with Gasteiger partial charge in [0, 0.05) is 6.54 Å². The van der Waals surface area contributed by atoms with Crippen LogP contribution in [-0.2, 0) is 0 Å². The van der Waals surface area contributed by atoms with Crippen LogP contribution in [0.5, 0.6) is 0 Å². The number of amides is 2. The monoisotopic (exact) mass is 200 g/mol. The lowest BCUT2D eigenvalue weighted by Gasteiger charge is -2.17. The Morgan fingerprint density at radius 1 is 1.27 bits per heavy atom. The number of fused-ring (bicyclic) bond motifs is 1. The number of nitrogens with one attached hydrogen (secondary N) is 1. The minimum Gasteiger partial charge on any atom is -0.329 e. The molecule has 0 bridgehead atoms. The molecule has 1 saturated heterocycles. The summed E-state index contributed by atoms with van der Waals surface area (Å²) >= 11 is 0. The fourth-order valence-corrected chi connectivity index (χ4v) is 2.29. The summed E-state index contributed by atoms with van der Waals surface area (Å²) in [5.74, 6) is 0. The van der Waals surface area contributed by atoms with Gasteiger partial charge >= 0.3 is 6.03 Å². The molecule has 2 aliphatic rings. The van der Waals surface area contributed by atoms with Gasteiger partial charge < -0.3 is 10.2 Å². The number of rotatable bonds is 1. The molecule has 3 rings (SSSR count). The third-order valence-corrected chi connectivity index (χ3v) is 3.04. The van der Waals surface area contributed by atoms with Crippen molar-refractivity contribution in [2.24, 2.45) is 0 Å². The number of hydrogen-bond acceptors (Lipinski definition) is 1. The molecule has 0 spiro atoms. The number of benzene rings is 1. The topological polar surface area (TPSA) is 32.3 Å². The standard InChI is InChI=1S/C12H12N2O/c15-12-13-11(9-5-2-1-3-6-9)10-7-4-8-14(10)12/h1-7,10-11H,8H2,(H,13,15). The molecule has 0 radical (unpaired) electrons. The van der Waals surface area contributed by atoms with Crippen molar-refractivity contribution in [3.63, 3.8) is 0 Å². The number of carbonyl (C=O) groups excluding carboxylic acids is 1. The zero-order valence-electron chi connectivity index (χ0n) is 8.26. The van der Waals surface area contributed by atoms with E-state index in [2.05, 4.69) is 29.6 Å². The van der Waals surface area contributed by atoms with Crippen molar-refractivity contribution in [1.82, 2.24) is 10.2 Å². The Balaban J connectivity index is 1.95. The van der Waals surface area contributed by atoms with Crippen LogP contribution in [-0.4, -0.2) is 23.5 Å². The lowest BCUT2D eigenvalue weighted by Crippen LogP contribution is -2.29. The summed E-state index contributed by atoms with van der Waals surface area (Å²) in [4.78, 5) is 13.5. The molecule has 76 valence electrons. The second-order valence-electron chi connectivity index (χ2n) is 3.91. The van der Waals surface area contributed by atoms with Crippen LogP contribution < -0.4 is 5.32 Å². The summed E-state index contributed by atoms with van der Waals surface area (Å²) in [7, 11) is 0. The molecular formula is C12H12N2O. The molecule has 2 aliphatic heterocycles. The molecule has 1 fully saturated rings. The Labute approximate surface area is 88.4 Å². The quantitative estimate of drug-likeness (QED) is 0.687. The van der Waals surface area contributed by atoms with Gasteiger partial charge in [-0.15, -0.1) is 0 Å². The average Bonchev–Trinajstić information content (AvgIpc) is 2.84. The average molecular weight is 200 g/mol. The highest BCUT2D eigenvalue weighted by Crippen LogP contribution is 2.30. The SMILES string of the molecule is O=C1NC(c2ccccc2)C2C=CCN12. The Morgan fingerprint density at radius 3 is 2.87 bits per heavy atom. The third-order valence-electron chi connectivity index (χ3n) is 3.04. The van der Waals surface area contributed by atoms with Crippen LogP contribution in [0.3, 0.4) is 0 Å². The molecule has 0 aliphatic carbocycles. The van der Waals surface area contributed by atoms with Crippen molar-refractivity contribution in [2.45, 2.75) is 12.1 Å². The first-order chi connectivity index (χ1) is 7.36. The van der Waals surface area contributed by atoms with Gasteiger partial charge in [0.25, 0.3) is 0 Å². The van der Waals surface area contributed by atoms with E-state index in [9.17, 15) is 4.79 Å². The molecule has 3 nitrogen and oxygen atoms in total. The maximum absolute atomic E-state index is 11.6. The minimum absolute atomic E-state index is 0.0406. The first kappa shape index (κ1) is 8.53. The van der Waals surface area contributed by atoms with Crippen LogP contribution in [0.15, 0.2) is 42.5 Å². The van der Waals surface area contributed by atoms with E-state index in [1.807, 2.05) is 23.1 Å². The van der Waals surface area contributed by atoms with Gasteiger partial charge in [0.2, 0.25) is 0 Å². The smallest absolute Gasteiger partial charge is 0.318 e. The van der Waals surface area contributed by atoms with Crippen LogP contribution in [0.1, 0.15) is 11.6 Å². The minimum atomic E-state index is 0.0406. The first-order valence-corrected chi connectivity index (χ1v) is 5.15. The predicted octanol–water partition coefficient (Wildman–Crippen LogP) is 1.69. The molecule has 1 N–H and O–H groups in total. The van der Waals surface area contributed by atoms with Crippen LogP contribution in [0.4, 0.5) is 4.79 Å². The van der Waals surface area contributed by atoms with E-state index in [-0.39, 0.29) is 18.1 Å². The molecule has 2 atom stereocenters. The Bertz CT molecular complexity index is 413. The highest BCUT2D eigenvalue weighted by molar-refractivity contribution is 5.79. The number of carbonyl (C=O) groups is 1. The molecule has 0 aromatic heterocycles. The van der Waals surface area contributed by atoms with Gasteiger partial charge in [-0.05, 0) is 5.56 Å². The molecule has 2 heterocycles. The fourth-order valence-electron chi connectivity index (χ4n) is 2.29. The lowest BCUT2D eigenvalue weighted by molar-refractivity contribution is 0.218. The van der Waals surface area contributed by atoms with Crippen molar-refractivity contribution in [1.29, 1.82) is 0 Å². The molecule has 1 aromatic rings. The van der Waals surface area contributed by atoms with Gasteiger partial charge in [0.05, 0.1) is 12.1 Å². The fraction of sp³-hybridized carbons (Fsp3) is 0.250. The van der Waals surface area contributed by atoms with E-state index in [4.69, 9.17) is 0 Å². The molecule has 3 heteroatoms. The Kier molecular flexibility index (Phi) is 1.78. The second kappa shape index (κ2) is 3.12. The zero-order valence-corrected chi connectivity index (χ0v) is 8.26. The van der Waals surface area contributed by atoms with E-state index < -0.39 is 0 Å². The van der Waals surface area contributed by atoms with Crippen LogP contribution in [0.2, 0.25) is 0 Å². The molecule has 2 amide bonds. The lowest BCUT2D eigenvalue weighted by atomic mass is 10.0. The van der Waals surface area contributed by atoms with Crippen LogP contribution in [0.25, 0.3) is 0 Å². The zero-order chi connectivity index (χ0) is 10.3. The molecule has 2 unspecified atom stereocenters. The van der Waals surface area contributed by atoms with Crippen molar-refractivity contribution in [3.8, 4) is 0 Å². The number of nitrogens with zero attached hydrogens (tertiary/aromatic N) is 1. The maximum Gasteiger partial charge on any atom is 0.318 e. The van der Waals surface area contributed by atoms with Crippen molar-refractivity contribution in [3.05, 3.63) is 48.0 Å². The van der Waals surface area contributed by atoms with Crippen molar-refractivity contribution in [2.75, 3.05) is 6.54 Å². The predicted molar refractivity (Wildman–Crippen MR) is 57.3 cm³/mol. The van der Waals surface area contributed by atoms with E-state index >= 15 is 0 Å².